The third-order valence-corrected chi connectivity index (χ3v) is 5.33. The lowest BCUT2D eigenvalue weighted by Crippen LogP contribution is -2.44. The van der Waals surface area contributed by atoms with E-state index in [0.717, 1.165) is 24.3 Å². The van der Waals surface area contributed by atoms with Gasteiger partial charge in [0.2, 0.25) is 0 Å². The maximum atomic E-state index is 13.7. The summed E-state index contributed by atoms with van der Waals surface area (Å²) < 4.78 is 86.2. The lowest BCUT2D eigenvalue weighted by Gasteiger charge is -2.23. The van der Waals surface area contributed by atoms with E-state index in [-0.39, 0.29) is 23.3 Å². The highest BCUT2D eigenvalue weighted by molar-refractivity contribution is 5.51. The van der Waals surface area contributed by atoms with E-state index in [4.69, 9.17) is 15.3 Å². The van der Waals surface area contributed by atoms with Crippen LogP contribution >= 0.6 is 0 Å². The molecular formula is C21H14F6N4O3. The normalized spacial score (nSPS) is 20.4. The van der Waals surface area contributed by atoms with Crippen molar-refractivity contribution in [1.82, 2.24) is 5.32 Å². The molecule has 2 aromatic rings. The number of halogens is 6. The quantitative estimate of drug-likeness (QED) is 0.370. The Morgan fingerprint density at radius 3 is 2.35 bits per heavy atom. The summed E-state index contributed by atoms with van der Waals surface area (Å²) in [7, 11) is 0. The minimum atomic E-state index is -4.93. The fourth-order valence-electron chi connectivity index (χ4n) is 3.81. The lowest BCUT2D eigenvalue weighted by molar-refractivity contribution is -0.385. The third kappa shape index (κ3) is 5.21. The third-order valence-electron chi connectivity index (χ3n) is 5.33. The summed E-state index contributed by atoms with van der Waals surface area (Å²) in [5.74, 6) is -1.69. The van der Waals surface area contributed by atoms with Crippen molar-refractivity contribution in [3.63, 3.8) is 0 Å². The van der Waals surface area contributed by atoms with Crippen LogP contribution in [0.25, 0.3) is 0 Å². The molecule has 13 heteroatoms. The van der Waals surface area contributed by atoms with E-state index in [1.807, 2.05) is 0 Å². The standard InChI is InChI=1S/C21H14F6N4O3/c22-20(23,24)16-6-12(2-3-13(16)9-29)15-7-14(30-19(15)21(25,26)27)10-34-18-4-1-11(8-28)5-17(18)31(32)33/h1-6,14-15,19,30H,7,10H2. The first-order valence-corrected chi connectivity index (χ1v) is 9.60. The molecule has 0 bridgehead atoms. The number of nitrogens with one attached hydrogen (secondary N) is 1. The van der Waals surface area contributed by atoms with Gasteiger partial charge in [0.1, 0.15) is 12.6 Å². The van der Waals surface area contributed by atoms with E-state index in [9.17, 15) is 36.5 Å². The van der Waals surface area contributed by atoms with E-state index >= 15 is 0 Å². The smallest absolute Gasteiger partial charge is 0.417 e. The minimum absolute atomic E-state index is 0.0171. The van der Waals surface area contributed by atoms with Crippen LogP contribution in [0.1, 0.15) is 34.6 Å². The van der Waals surface area contributed by atoms with Gasteiger partial charge >= 0.3 is 18.0 Å². The van der Waals surface area contributed by atoms with Crippen molar-refractivity contribution in [2.24, 2.45) is 0 Å². The van der Waals surface area contributed by atoms with Gasteiger partial charge in [0, 0.05) is 18.0 Å². The molecular weight excluding hydrogens is 470 g/mol. The Morgan fingerprint density at radius 1 is 1.09 bits per heavy atom. The van der Waals surface area contributed by atoms with Crippen molar-refractivity contribution in [1.29, 1.82) is 10.5 Å². The summed E-state index contributed by atoms with van der Waals surface area (Å²) in [6, 6.07) is 5.64. The molecule has 0 saturated carbocycles. The Balaban J connectivity index is 1.87. The molecule has 7 nitrogen and oxygen atoms in total. The number of benzene rings is 2. The molecule has 1 aliphatic heterocycles. The number of nitrogens with zero attached hydrogens (tertiary/aromatic N) is 3. The summed E-state index contributed by atoms with van der Waals surface area (Å²) >= 11 is 0. The molecule has 1 saturated heterocycles. The molecule has 0 aromatic heterocycles. The summed E-state index contributed by atoms with van der Waals surface area (Å²) in [6.07, 6.45) is -10.0. The number of nitro benzene ring substituents is 1. The highest BCUT2D eigenvalue weighted by Crippen LogP contribution is 2.42. The van der Waals surface area contributed by atoms with Crippen LogP contribution in [0.4, 0.5) is 32.0 Å². The number of nitro groups is 1. The summed E-state index contributed by atoms with van der Waals surface area (Å²) in [4.78, 5) is 10.4. The number of ether oxygens (including phenoxy) is 1. The molecule has 178 valence electrons. The Kier molecular flexibility index (Phi) is 6.70. The zero-order valence-electron chi connectivity index (χ0n) is 16.9. The van der Waals surface area contributed by atoms with Gasteiger partial charge in [-0.2, -0.15) is 36.9 Å². The van der Waals surface area contributed by atoms with Gasteiger partial charge in [0.15, 0.2) is 5.75 Å². The lowest BCUT2D eigenvalue weighted by atomic mass is 9.88. The second kappa shape index (κ2) is 9.19. The van der Waals surface area contributed by atoms with E-state index in [2.05, 4.69) is 5.32 Å². The van der Waals surface area contributed by atoms with Crippen LogP contribution in [-0.2, 0) is 6.18 Å². The number of alkyl halides is 6. The summed E-state index contributed by atoms with van der Waals surface area (Å²) in [5, 5.41) is 31.3. The Bertz CT molecular complexity index is 1180. The van der Waals surface area contributed by atoms with Crippen LogP contribution in [-0.4, -0.2) is 29.8 Å². The fraction of sp³-hybridized carbons (Fsp3) is 0.333. The van der Waals surface area contributed by atoms with Gasteiger partial charge in [0.25, 0.3) is 0 Å². The SMILES string of the molecule is N#Cc1ccc(OCC2CC(c3ccc(C#N)c(C(F)(F)F)c3)C(C(F)(F)F)N2)c([N+](=O)[O-])c1. The van der Waals surface area contributed by atoms with Crippen molar-refractivity contribution < 1.29 is 36.0 Å². The Labute approximate surface area is 188 Å². The molecule has 3 rings (SSSR count). The molecule has 1 fully saturated rings. The van der Waals surface area contributed by atoms with Crippen LogP contribution in [0.3, 0.4) is 0 Å². The number of hydrogen-bond acceptors (Lipinski definition) is 6. The maximum Gasteiger partial charge on any atom is 0.417 e. The van der Waals surface area contributed by atoms with Gasteiger partial charge in [-0.1, -0.05) is 6.07 Å². The van der Waals surface area contributed by atoms with Crippen LogP contribution in [0, 0.1) is 32.8 Å². The molecule has 0 radical (unpaired) electrons. The first kappa shape index (κ1) is 24.8. The predicted molar refractivity (Wildman–Crippen MR) is 104 cm³/mol. The molecule has 1 aliphatic rings. The van der Waals surface area contributed by atoms with E-state index in [0.29, 0.717) is 6.07 Å². The number of hydrogen-bond donors (Lipinski definition) is 1. The van der Waals surface area contributed by atoms with Gasteiger partial charge < -0.3 is 4.74 Å². The first-order valence-electron chi connectivity index (χ1n) is 9.60. The van der Waals surface area contributed by atoms with E-state index < -0.39 is 58.7 Å². The second-order valence-electron chi connectivity index (χ2n) is 7.50. The molecule has 3 unspecified atom stereocenters. The van der Waals surface area contributed by atoms with E-state index in [1.165, 1.54) is 12.1 Å². The van der Waals surface area contributed by atoms with Gasteiger partial charge in [-0.15, -0.1) is 0 Å². The average molecular weight is 484 g/mol. The molecule has 2 aromatic carbocycles. The zero-order valence-corrected chi connectivity index (χ0v) is 16.9. The van der Waals surface area contributed by atoms with Gasteiger partial charge in [-0.05, 0) is 36.2 Å². The molecule has 0 spiro atoms. The maximum absolute atomic E-state index is 13.7. The minimum Gasteiger partial charge on any atom is -0.485 e. The zero-order chi connectivity index (χ0) is 25.3. The van der Waals surface area contributed by atoms with Crippen molar-refractivity contribution >= 4 is 5.69 Å². The molecule has 1 heterocycles. The molecule has 0 aliphatic carbocycles. The van der Waals surface area contributed by atoms with Crippen LogP contribution in [0.5, 0.6) is 5.75 Å². The summed E-state index contributed by atoms with van der Waals surface area (Å²) in [6.45, 7) is -0.446. The molecule has 0 amide bonds. The van der Waals surface area contributed by atoms with Crippen molar-refractivity contribution in [3.8, 4) is 17.9 Å². The number of nitriles is 2. The molecule has 34 heavy (non-hydrogen) atoms. The largest absolute Gasteiger partial charge is 0.485 e. The fourth-order valence-corrected chi connectivity index (χ4v) is 3.81. The highest BCUT2D eigenvalue weighted by Gasteiger charge is 2.51. The Hall–Kier alpha value is -3.84. The predicted octanol–water partition coefficient (Wildman–Crippen LogP) is 4.81. The van der Waals surface area contributed by atoms with Crippen LogP contribution < -0.4 is 10.1 Å². The highest BCUT2D eigenvalue weighted by atomic mass is 19.4. The number of rotatable bonds is 5. The van der Waals surface area contributed by atoms with Crippen LogP contribution in [0.2, 0.25) is 0 Å². The Morgan fingerprint density at radius 2 is 1.79 bits per heavy atom. The van der Waals surface area contributed by atoms with Gasteiger partial charge in [-0.25, -0.2) is 0 Å². The van der Waals surface area contributed by atoms with Crippen molar-refractivity contribution in [3.05, 3.63) is 68.8 Å². The summed E-state index contributed by atoms with van der Waals surface area (Å²) in [5.41, 5.74) is -2.87. The monoisotopic (exact) mass is 484 g/mol. The topological polar surface area (TPSA) is 112 Å². The van der Waals surface area contributed by atoms with Gasteiger partial charge in [-0.3, -0.25) is 15.4 Å². The van der Waals surface area contributed by atoms with Crippen molar-refractivity contribution in [2.75, 3.05) is 6.61 Å². The average Bonchev–Trinajstić information content (AvgIpc) is 3.21. The molecule has 1 N–H and O–H groups in total. The second-order valence-corrected chi connectivity index (χ2v) is 7.50. The molecule has 3 atom stereocenters. The van der Waals surface area contributed by atoms with E-state index in [1.54, 1.807) is 6.07 Å². The van der Waals surface area contributed by atoms with Gasteiger partial charge in [0.05, 0.1) is 33.8 Å². The van der Waals surface area contributed by atoms with Crippen molar-refractivity contribution in [2.45, 2.75) is 36.8 Å². The first-order chi connectivity index (χ1) is 15.8. The van der Waals surface area contributed by atoms with Crippen LogP contribution in [0.15, 0.2) is 36.4 Å².